The van der Waals surface area contributed by atoms with E-state index in [4.69, 9.17) is 0 Å². The standard InChI is InChI=1S/C22H22F2N2O2/c23-17-7-3-15(4-8-17)19-13-26(21(27)16-5-9-18(24)10-6-16)14-20(19)22(28)25-11-1-2-12-25/h3-10,19-20H,1-2,11-14H2/t19-,20-/m1/s1. The molecule has 146 valence electrons. The van der Waals surface area contributed by atoms with E-state index in [9.17, 15) is 18.4 Å². The number of hydrogen-bond donors (Lipinski definition) is 0. The number of carbonyl (C=O) groups excluding carboxylic acids is 2. The van der Waals surface area contributed by atoms with Crippen molar-refractivity contribution < 1.29 is 18.4 Å². The molecule has 0 unspecified atom stereocenters. The summed E-state index contributed by atoms with van der Waals surface area (Å²) in [5, 5.41) is 0. The van der Waals surface area contributed by atoms with Crippen LogP contribution in [0.1, 0.15) is 34.7 Å². The first-order chi connectivity index (χ1) is 13.5. The molecular formula is C22H22F2N2O2. The van der Waals surface area contributed by atoms with Crippen LogP contribution < -0.4 is 0 Å². The van der Waals surface area contributed by atoms with E-state index in [0.717, 1.165) is 31.5 Å². The average Bonchev–Trinajstić information content (AvgIpc) is 3.38. The molecule has 2 fully saturated rings. The summed E-state index contributed by atoms with van der Waals surface area (Å²) in [6.45, 7) is 2.19. The van der Waals surface area contributed by atoms with Crippen molar-refractivity contribution in [1.82, 2.24) is 9.80 Å². The third-order valence-corrected chi connectivity index (χ3v) is 5.73. The van der Waals surface area contributed by atoms with E-state index in [1.165, 1.54) is 36.4 Å². The van der Waals surface area contributed by atoms with Crippen LogP contribution in [0.25, 0.3) is 0 Å². The van der Waals surface area contributed by atoms with Gasteiger partial charge in [-0.1, -0.05) is 12.1 Å². The maximum Gasteiger partial charge on any atom is 0.253 e. The van der Waals surface area contributed by atoms with Crippen molar-refractivity contribution in [3.8, 4) is 0 Å². The van der Waals surface area contributed by atoms with Gasteiger partial charge in [-0.2, -0.15) is 0 Å². The predicted molar refractivity (Wildman–Crippen MR) is 101 cm³/mol. The molecule has 4 nitrogen and oxygen atoms in total. The fourth-order valence-electron chi connectivity index (χ4n) is 4.21. The zero-order chi connectivity index (χ0) is 19.7. The minimum Gasteiger partial charge on any atom is -0.342 e. The summed E-state index contributed by atoms with van der Waals surface area (Å²) in [4.78, 5) is 29.5. The van der Waals surface area contributed by atoms with Crippen LogP contribution in [0.2, 0.25) is 0 Å². The molecule has 0 saturated carbocycles. The van der Waals surface area contributed by atoms with Gasteiger partial charge in [0.05, 0.1) is 5.92 Å². The lowest BCUT2D eigenvalue weighted by Gasteiger charge is -2.24. The minimum atomic E-state index is -0.399. The summed E-state index contributed by atoms with van der Waals surface area (Å²) < 4.78 is 26.5. The number of hydrogen-bond acceptors (Lipinski definition) is 2. The average molecular weight is 384 g/mol. The summed E-state index contributed by atoms with van der Waals surface area (Å²) in [6, 6.07) is 11.6. The van der Waals surface area contributed by atoms with Crippen molar-refractivity contribution in [3.63, 3.8) is 0 Å². The number of amides is 2. The quantitative estimate of drug-likeness (QED) is 0.813. The first kappa shape index (κ1) is 18.6. The first-order valence-electron chi connectivity index (χ1n) is 9.62. The molecule has 0 N–H and O–H groups in total. The normalized spacial score (nSPS) is 21.9. The Balaban J connectivity index is 1.60. The maximum atomic E-state index is 13.4. The Morgan fingerprint density at radius 2 is 1.36 bits per heavy atom. The molecular weight excluding hydrogens is 362 g/mol. The van der Waals surface area contributed by atoms with Gasteiger partial charge in [-0.15, -0.1) is 0 Å². The predicted octanol–water partition coefficient (Wildman–Crippen LogP) is 3.44. The second-order valence-corrected chi connectivity index (χ2v) is 7.51. The zero-order valence-electron chi connectivity index (χ0n) is 15.5. The number of rotatable bonds is 3. The van der Waals surface area contributed by atoms with Crippen LogP contribution in [-0.2, 0) is 4.79 Å². The second kappa shape index (κ2) is 7.70. The number of benzene rings is 2. The summed E-state index contributed by atoms with van der Waals surface area (Å²) >= 11 is 0. The molecule has 2 saturated heterocycles. The largest absolute Gasteiger partial charge is 0.342 e. The van der Waals surface area contributed by atoms with Gasteiger partial charge in [-0.25, -0.2) is 8.78 Å². The van der Waals surface area contributed by atoms with Crippen molar-refractivity contribution in [2.45, 2.75) is 18.8 Å². The fraction of sp³-hybridized carbons (Fsp3) is 0.364. The van der Waals surface area contributed by atoms with Gasteiger partial charge in [0.1, 0.15) is 11.6 Å². The van der Waals surface area contributed by atoms with Gasteiger partial charge in [0.25, 0.3) is 5.91 Å². The van der Waals surface area contributed by atoms with E-state index >= 15 is 0 Å². The lowest BCUT2D eigenvalue weighted by Crippen LogP contribution is -2.37. The lowest BCUT2D eigenvalue weighted by molar-refractivity contribution is -0.134. The van der Waals surface area contributed by atoms with Gasteiger partial charge in [0, 0.05) is 37.7 Å². The highest BCUT2D eigenvalue weighted by Gasteiger charge is 2.42. The molecule has 0 spiro atoms. The zero-order valence-corrected chi connectivity index (χ0v) is 15.5. The van der Waals surface area contributed by atoms with Crippen LogP contribution in [0.4, 0.5) is 8.78 Å². The monoisotopic (exact) mass is 384 g/mol. The first-order valence-corrected chi connectivity index (χ1v) is 9.62. The molecule has 2 atom stereocenters. The Labute approximate surface area is 162 Å². The van der Waals surface area contributed by atoms with Crippen molar-refractivity contribution in [2.24, 2.45) is 5.92 Å². The Kier molecular flexibility index (Phi) is 5.11. The van der Waals surface area contributed by atoms with Gasteiger partial charge in [-0.3, -0.25) is 9.59 Å². The van der Waals surface area contributed by atoms with Gasteiger partial charge >= 0.3 is 0 Å². The molecule has 2 aliphatic heterocycles. The van der Waals surface area contributed by atoms with Crippen LogP contribution in [-0.4, -0.2) is 47.8 Å². The van der Waals surface area contributed by atoms with Crippen LogP contribution in [0.15, 0.2) is 48.5 Å². The van der Waals surface area contributed by atoms with E-state index in [2.05, 4.69) is 0 Å². The van der Waals surface area contributed by atoms with Gasteiger partial charge < -0.3 is 9.80 Å². The Bertz CT molecular complexity index is 861. The topological polar surface area (TPSA) is 40.6 Å². The van der Waals surface area contributed by atoms with Crippen molar-refractivity contribution >= 4 is 11.8 Å². The van der Waals surface area contributed by atoms with E-state index in [1.807, 2.05) is 4.90 Å². The highest BCUT2D eigenvalue weighted by Crippen LogP contribution is 2.35. The van der Waals surface area contributed by atoms with E-state index in [0.29, 0.717) is 18.7 Å². The number of nitrogens with zero attached hydrogens (tertiary/aromatic N) is 2. The van der Waals surface area contributed by atoms with Crippen LogP contribution >= 0.6 is 0 Å². The number of halogens is 2. The molecule has 2 aromatic rings. The van der Waals surface area contributed by atoms with Gasteiger partial charge in [0.2, 0.25) is 5.91 Å². The third-order valence-electron chi connectivity index (χ3n) is 5.73. The second-order valence-electron chi connectivity index (χ2n) is 7.51. The minimum absolute atomic E-state index is 0.0567. The summed E-state index contributed by atoms with van der Waals surface area (Å²) in [5.41, 5.74) is 1.25. The van der Waals surface area contributed by atoms with Crippen LogP contribution in [0.3, 0.4) is 0 Å². The molecule has 6 heteroatoms. The molecule has 0 aromatic heterocycles. The smallest absolute Gasteiger partial charge is 0.253 e. The summed E-state index contributed by atoms with van der Waals surface area (Å²) in [7, 11) is 0. The highest BCUT2D eigenvalue weighted by molar-refractivity contribution is 5.95. The lowest BCUT2D eigenvalue weighted by atomic mass is 9.88. The van der Waals surface area contributed by atoms with E-state index in [1.54, 1.807) is 17.0 Å². The Hall–Kier alpha value is -2.76. The molecule has 2 amide bonds. The number of carbonyl (C=O) groups is 2. The van der Waals surface area contributed by atoms with E-state index < -0.39 is 5.82 Å². The van der Waals surface area contributed by atoms with E-state index in [-0.39, 0.29) is 29.5 Å². The SMILES string of the molecule is O=C(c1ccc(F)cc1)N1C[C@H](c2ccc(F)cc2)[C@H](C(=O)N2CCCC2)C1. The van der Waals surface area contributed by atoms with Crippen LogP contribution in [0.5, 0.6) is 0 Å². The van der Waals surface area contributed by atoms with Crippen molar-refractivity contribution in [2.75, 3.05) is 26.2 Å². The van der Waals surface area contributed by atoms with Crippen LogP contribution in [0, 0.1) is 17.6 Å². The fourth-order valence-corrected chi connectivity index (χ4v) is 4.21. The number of likely N-dealkylation sites (tertiary alicyclic amines) is 2. The molecule has 0 bridgehead atoms. The Morgan fingerprint density at radius 1 is 0.786 bits per heavy atom. The molecule has 2 aliphatic rings. The molecule has 0 aliphatic carbocycles. The van der Waals surface area contributed by atoms with Gasteiger partial charge in [-0.05, 0) is 54.8 Å². The van der Waals surface area contributed by atoms with Gasteiger partial charge in [0.15, 0.2) is 0 Å². The molecule has 2 heterocycles. The maximum absolute atomic E-state index is 13.4. The van der Waals surface area contributed by atoms with Crippen molar-refractivity contribution in [3.05, 3.63) is 71.3 Å². The highest BCUT2D eigenvalue weighted by atomic mass is 19.1. The molecule has 0 radical (unpaired) electrons. The third kappa shape index (κ3) is 3.63. The molecule has 4 rings (SSSR count). The molecule has 28 heavy (non-hydrogen) atoms. The van der Waals surface area contributed by atoms with Crippen molar-refractivity contribution in [1.29, 1.82) is 0 Å². The molecule has 2 aromatic carbocycles. The Morgan fingerprint density at radius 3 is 1.96 bits per heavy atom. The summed E-state index contributed by atoms with van der Waals surface area (Å²) in [6.07, 6.45) is 2.00. The summed E-state index contributed by atoms with van der Waals surface area (Å²) in [5.74, 6) is -1.43.